The van der Waals surface area contributed by atoms with Crippen molar-refractivity contribution < 1.29 is 0 Å². The van der Waals surface area contributed by atoms with Crippen molar-refractivity contribution in [2.75, 3.05) is 0 Å². The number of thiazole rings is 1. The summed E-state index contributed by atoms with van der Waals surface area (Å²) in [6.07, 6.45) is 4.19. The molecular weight excluding hydrogens is 318 g/mol. The van der Waals surface area contributed by atoms with Crippen LogP contribution in [0.15, 0.2) is 27.6 Å². The van der Waals surface area contributed by atoms with E-state index in [1.165, 1.54) is 24.2 Å². The van der Waals surface area contributed by atoms with Gasteiger partial charge in [0, 0.05) is 35.9 Å². The minimum absolute atomic E-state index is 0.0301. The Bertz CT molecular complexity index is 877. The number of hydrogen-bond acceptors (Lipinski definition) is 6. The van der Waals surface area contributed by atoms with Gasteiger partial charge in [0.15, 0.2) is 10.1 Å². The third kappa shape index (κ3) is 2.46. The minimum Gasteiger partial charge on any atom is -0.306 e. The van der Waals surface area contributed by atoms with Gasteiger partial charge in [0.25, 0.3) is 5.56 Å². The monoisotopic (exact) mass is 333 g/mol. The lowest BCUT2D eigenvalue weighted by Crippen LogP contribution is -2.12. The van der Waals surface area contributed by atoms with Crippen molar-refractivity contribution in [1.82, 2.24) is 24.1 Å². The van der Waals surface area contributed by atoms with E-state index < -0.39 is 0 Å². The molecule has 0 radical (unpaired) electrons. The largest absolute Gasteiger partial charge is 0.306 e. The van der Waals surface area contributed by atoms with Crippen molar-refractivity contribution in [2.45, 2.75) is 43.1 Å². The second-order valence-corrected chi connectivity index (χ2v) is 7.10. The van der Waals surface area contributed by atoms with Crippen LogP contribution >= 0.6 is 23.1 Å². The van der Waals surface area contributed by atoms with E-state index >= 15 is 0 Å². The Kier molecular flexibility index (Phi) is 3.50. The highest BCUT2D eigenvalue weighted by Crippen LogP contribution is 2.40. The first-order chi connectivity index (χ1) is 10.8. The molecule has 3 aromatic rings. The fourth-order valence-corrected chi connectivity index (χ4v) is 4.09. The molecule has 1 aliphatic rings. The zero-order valence-corrected chi connectivity index (χ0v) is 13.7. The maximum atomic E-state index is 12.0. The summed E-state index contributed by atoms with van der Waals surface area (Å²) in [6, 6.07) is 1.60. The lowest BCUT2D eigenvalue weighted by molar-refractivity contribution is 0.643. The van der Waals surface area contributed by atoms with E-state index in [0.29, 0.717) is 11.7 Å². The Morgan fingerprint density at radius 1 is 1.41 bits per heavy atom. The molecule has 0 aromatic carbocycles. The summed E-state index contributed by atoms with van der Waals surface area (Å²) >= 11 is 3.06. The smallest absolute Gasteiger partial charge is 0.258 e. The average Bonchev–Trinajstić information content (AvgIpc) is 3.10. The second-order valence-electron chi connectivity index (χ2n) is 5.29. The molecule has 22 heavy (non-hydrogen) atoms. The van der Waals surface area contributed by atoms with Gasteiger partial charge in [-0.1, -0.05) is 11.8 Å². The molecule has 6 nitrogen and oxygen atoms in total. The maximum Gasteiger partial charge on any atom is 0.258 e. The summed E-state index contributed by atoms with van der Waals surface area (Å²) in [5, 5.41) is 11.4. The summed E-state index contributed by atoms with van der Waals surface area (Å²) in [7, 11) is 0. The molecule has 0 amide bonds. The van der Waals surface area contributed by atoms with E-state index in [-0.39, 0.29) is 5.56 Å². The van der Waals surface area contributed by atoms with Crippen molar-refractivity contribution in [3.8, 4) is 0 Å². The fourth-order valence-electron chi connectivity index (χ4n) is 2.45. The van der Waals surface area contributed by atoms with E-state index in [0.717, 1.165) is 28.2 Å². The van der Waals surface area contributed by atoms with Crippen LogP contribution in [0, 0.1) is 0 Å². The molecular formula is C14H15N5OS2. The van der Waals surface area contributed by atoms with Crippen LogP contribution in [0.4, 0.5) is 0 Å². The van der Waals surface area contributed by atoms with Crippen LogP contribution in [0.5, 0.6) is 0 Å². The predicted molar refractivity (Wildman–Crippen MR) is 86.6 cm³/mol. The van der Waals surface area contributed by atoms with Gasteiger partial charge in [-0.15, -0.1) is 21.5 Å². The molecule has 0 atom stereocenters. The van der Waals surface area contributed by atoms with Gasteiger partial charge in [0.2, 0.25) is 0 Å². The zero-order valence-electron chi connectivity index (χ0n) is 12.1. The Morgan fingerprint density at radius 3 is 3.05 bits per heavy atom. The first kappa shape index (κ1) is 14.0. The molecule has 1 saturated carbocycles. The molecule has 8 heteroatoms. The molecule has 0 spiro atoms. The van der Waals surface area contributed by atoms with Gasteiger partial charge in [-0.05, 0) is 19.8 Å². The number of nitrogens with zero attached hydrogens (tertiary/aromatic N) is 5. The summed E-state index contributed by atoms with van der Waals surface area (Å²) < 4.78 is 3.75. The average molecular weight is 333 g/mol. The van der Waals surface area contributed by atoms with Crippen LogP contribution in [0.3, 0.4) is 0 Å². The van der Waals surface area contributed by atoms with Crippen molar-refractivity contribution in [3.63, 3.8) is 0 Å². The molecule has 114 valence electrons. The van der Waals surface area contributed by atoms with Crippen LogP contribution in [-0.2, 0) is 12.3 Å². The van der Waals surface area contributed by atoms with Gasteiger partial charge in [-0.25, -0.2) is 4.98 Å². The van der Waals surface area contributed by atoms with Gasteiger partial charge in [0.05, 0.1) is 5.69 Å². The third-order valence-corrected chi connectivity index (χ3v) is 5.47. The van der Waals surface area contributed by atoms with Crippen molar-refractivity contribution in [1.29, 1.82) is 0 Å². The molecule has 0 aliphatic heterocycles. The highest BCUT2D eigenvalue weighted by Gasteiger charge is 2.29. The molecule has 0 unspecified atom stereocenters. The number of thioether (sulfide) groups is 1. The molecule has 4 rings (SSSR count). The van der Waals surface area contributed by atoms with E-state index in [9.17, 15) is 4.79 Å². The Hall–Kier alpha value is -1.67. The SMILES string of the molecule is CCn1c(SCc2cc(=O)n3ccsc3n2)nnc1C1CC1. The highest BCUT2D eigenvalue weighted by atomic mass is 32.2. The summed E-state index contributed by atoms with van der Waals surface area (Å²) in [5.41, 5.74) is 0.758. The molecule has 1 aliphatic carbocycles. The Labute approximate surface area is 135 Å². The molecule has 3 heterocycles. The number of aromatic nitrogens is 5. The quantitative estimate of drug-likeness (QED) is 0.671. The summed E-state index contributed by atoms with van der Waals surface area (Å²) in [5.74, 6) is 2.32. The van der Waals surface area contributed by atoms with Gasteiger partial charge in [-0.2, -0.15) is 0 Å². The van der Waals surface area contributed by atoms with Crippen LogP contribution in [0.1, 0.15) is 37.2 Å². The topological polar surface area (TPSA) is 65.1 Å². The van der Waals surface area contributed by atoms with E-state index in [2.05, 4.69) is 26.7 Å². The van der Waals surface area contributed by atoms with Crippen molar-refractivity contribution >= 4 is 28.1 Å². The first-order valence-corrected chi connectivity index (χ1v) is 9.14. The van der Waals surface area contributed by atoms with Crippen LogP contribution in [0.2, 0.25) is 0 Å². The van der Waals surface area contributed by atoms with Gasteiger partial charge in [0.1, 0.15) is 5.82 Å². The lowest BCUT2D eigenvalue weighted by Gasteiger charge is -2.06. The minimum atomic E-state index is -0.0301. The van der Waals surface area contributed by atoms with Gasteiger partial charge < -0.3 is 4.57 Å². The Morgan fingerprint density at radius 2 is 2.27 bits per heavy atom. The number of rotatable bonds is 5. The normalized spacial score (nSPS) is 14.8. The van der Waals surface area contributed by atoms with E-state index in [1.54, 1.807) is 28.4 Å². The first-order valence-electron chi connectivity index (χ1n) is 7.28. The molecule has 0 saturated heterocycles. The molecule has 3 aromatic heterocycles. The van der Waals surface area contributed by atoms with E-state index in [1.807, 2.05) is 5.38 Å². The van der Waals surface area contributed by atoms with Crippen LogP contribution in [-0.4, -0.2) is 24.1 Å². The maximum absolute atomic E-state index is 12.0. The Balaban J connectivity index is 1.57. The number of hydrogen-bond donors (Lipinski definition) is 0. The highest BCUT2D eigenvalue weighted by molar-refractivity contribution is 7.98. The summed E-state index contributed by atoms with van der Waals surface area (Å²) in [6.45, 7) is 2.99. The third-order valence-electron chi connectivity index (χ3n) is 3.71. The van der Waals surface area contributed by atoms with Gasteiger partial charge >= 0.3 is 0 Å². The molecule has 0 bridgehead atoms. The lowest BCUT2D eigenvalue weighted by atomic mass is 10.4. The van der Waals surface area contributed by atoms with Crippen LogP contribution in [0.25, 0.3) is 4.96 Å². The van der Waals surface area contributed by atoms with Crippen LogP contribution < -0.4 is 5.56 Å². The second kappa shape index (κ2) is 5.51. The predicted octanol–water partition coefficient (Wildman–Crippen LogP) is 2.54. The fraction of sp³-hybridized carbons (Fsp3) is 0.429. The summed E-state index contributed by atoms with van der Waals surface area (Å²) in [4.78, 5) is 17.2. The van der Waals surface area contributed by atoms with Crippen molar-refractivity contribution in [3.05, 3.63) is 39.5 Å². The zero-order chi connectivity index (χ0) is 15.1. The van der Waals surface area contributed by atoms with Crippen molar-refractivity contribution in [2.24, 2.45) is 0 Å². The molecule has 0 N–H and O–H groups in total. The molecule has 1 fully saturated rings. The van der Waals surface area contributed by atoms with E-state index in [4.69, 9.17) is 0 Å². The standard InChI is InChI=1S/C14H15N5OS2/c1-2-18-12(9-3-4-9)16-17-14(18)22-8-10-7-11(20)19-5-6-21-13(19)15-10/h5-7,9H,2-4,8H2,1H3. The van der Waals surface area contributed by atoms with Gasteiger partial charge in [-0.3, -0.25) is 9.20 Å². The number of fused-ring (bicyclic) bond motifs is 1.